The first-order valence-corrected chi connectivity index (χ1v) is 10.7. The van der Waals surface area contributed by atoms with Crippen molar-refractivity contribution in [2.45, 2.75) is 44.2 Å². The van der Waals surface area contributed by atoms with Crippen LogP contribution in [0.1, 0.15) is 32.1 Å². The summed E-state index contributed by atoms with van der Waals surface area (Å²) in [5.74, 6) is 1.79. The number of hydrogen-bond acceptors (Lipinski definition) is 3. The van der Waals surface area contributed by atoms with E-state index in [9.17, 15) is 0 Å². The molecule has 2 saturated heterocycles. The lowest BCUT2D eigenvalue weighted by molar-refractivity contribution is -0.125. The Bertz CT molecular complexity index is 677. The zero-order valence-corrected chi connectivity index (χ0v) is 16.4. The number of para-hydroxylation sites is 1. The molecule has 5 rings (SSSR count). The van der Waals surface area contributed by atoms with Crippen molar-refractivity contribution in [1.29, 1.82) is 0 Å². The summed E-state index contributed by atoms with van der Waals surface area (Å²) in [4.78, 5) is 9.60. The molecule has 2 aliphatic heterocycles. The van der Waals surface area contributed by atoms with E-state index in [1.54, 1.807) is 0 Å². The Morgan fingerprint density at radius 2 is 1.85 bits per heavy atom. The smallest absolute Gasteiger partial charge is 0.194 e. The van der Waals surface area contributed by atoms with Gasteiger partial charge in [0, 0.05) is 62.9 Å². The van der Waals surface area contributed by atoms with Crippen molar-refractivity contribution in [1.82, 2.24) is 10.2 Å². The highest BCUT2D eigenvalue weighted by Gasteiger charge is 2.65. The summed E-state index contributed by atoms with van der Waals surface area (Å²) in [6.07, 6.45) is 7.08. The van der Waals surface area contributed by atoms with Crippen molar-refractivity contribution in [3.8, 4) is 0 Å². The van der Waals surface area contributed by atoms with E-state index >= 15 is 0 Å². The van der Waals surface area contributed by atoms with Crippen molar-refractivity contribution in [3.05, 3.63) is 30.3 Å². The summed E-state index contributed by atoms with van der Waals surface area (Å²) >= 11 is 0. The van der Waals surface area contributed by atoms with Gasteiger partial charge in [-0.05, 0) is 31.4 Å². The molecule has 146 valence electrons. The zero-order chi connectivity index (χ0) is 18.3. The van der Waals surface area contributed by atoms with Gasteiger partial charge in [-0.3, -0.25) is 4.99 Å². The number of guanidine groups is 1. The number of hydrogen-bond donors (Lipinski definition) is 1. The fraction of sp³-hybridized carbons (Fsp3) is 0.682. The zero-order valence-electron chi connectivity index (χ0n) is 16.4. The molecule has 0 radical (unpaired) electrons. The average Bonchev–Trinajstić information content (AvgIpc) is 3.39. The SMILES string of the molecule is CN=C(NC1C2CCOC2C12CCCC2)N1CCN(c2ccccc2)CC1. The van der Waals surface area contributed by atoms with Crippen LogP contribution in [0.5, 0.6) is 0 Å². The van der Waals surface area contributed by atoms with Crippen LogP contribution in [0.4, 0.5) is 5.69 Å². The predicted molar refractivity (Wildman–Crippen MR) is 109 cm³/mol. The third kappa shape index (κ3) is 2.82. The largest absolute Gasteiger partial charge is 0.377 e. The topological polar surface area (TPSA) is 40.1 Å². The molecule has 1 aromatic rings. The van der Waals surface area contributed by atoms with Crippen LogP contribution in [-0.4, -0.2) is 62.8 Å². The minimum absolute atomic E-state index is 0.378. The van der Waals surface area contributed by atoms with Crippen LogP contribution in [0.3, 0.4) is 0 Å². The molecule has 0 bridgehead atoms. The summed E-state index contributed by atoms with van der Waals surface area (Å²) in [7, 11) is 1.94. The minimum atomic E-state index is 0.378. The minimum Gasteiger partial charge on any atom is -0.377 e. The average molecular weight is 369 g/mol. The molecule has 3 atom stereocenters. The van der Waals surface area contributed by atoms with Gasteiger partial charge in [-0.25, -0.2) is 0 Å². The van der Waals surface area contributed by atoms with Gasteiger partial charge in [0.2, 0.25) is 0 Å². The summed E-state index contributed by atoms with van der Waals surface area (Å²) in [5.41, 5.74) is 1.71. The molecule has 5 heteroatoms. The Morgan fingerprint density at radius 3 is 2.56 bits per heavy atom. The first kappa shape index (κ1) is 17.4. The van der Waals surface area contributed by atoms with E-state index in [2.05, 4.69) is 50.4 Å². The lowest BCUT2D eigenvalue weighted by Crippen LogP contribution is -2.70. The van der Waals surface area contributed by atoms with Crippen LogP contribution in [0, 0.1) is 11.3 Å². The molecule has 2 heterocycles. The second-order valence-electron chi connectivity index (χ2n) is 8.66. The summed E-state index contributed by atoms with van der Waals surface area (Å²) in [6.45, 7) is 5.10. The number of nitrogens with zero attached hydrogens (tertiary/aromatic N) is 3. The number of aliphatic imine (C=N–C) groups is 1. The highest BCUT2D eigenvalue weighted by atomic mass is 16.5. The molecule has 0 aromatic heterocycles. The van der Waals surface area contributed by atoms with Crippen LogP contribution >= 0.6 is 0 Å². The van der Waals surface area contributed by atoms with Gasteiger partial charge in [-0.15, -0.1) is 0 Å². The summed E-state index contributed by atoms with van der Waals surface area (Å²) in [6, 6.07) is 11.3. The van der Waals surface area contributed by atoms with Gasteiger partial charge in [-0.2, -0.15) is 0 Å². The van der Waals surface area contributed by atoms with Crippen molar-refractivity contribution in [3.63, 3.8) is 0 Å². The summed E-state index contributed by atoms with van der Waals surface area (Å²) < 4.78 is 6.14. The lowest BCUT2D eigenvalue weighted by atomic mass is 9.54. The Morgan fingerprint density at radius 1 is 1.11 bits per heavy atom. The van der Waals surface area contributed by atoms with E-state index in [0.717, 1.165) is 38.7 Å². The Balaban J connectivity index is 1.24. The van der Waals surface area contributed by atoms with Crippen molar-refractivity contribution in [2.24, 2.45) is 16.3 Å². The molecular formula is C22H32N4O. The second kappa shape index (κ2) is 7.01. The molecule has 3 unspecified atom stereocenters. The van der Waals surface area contributed by atoms with E-state index in [-0.39, 0.29) is 0 Å². The molecular weight excluding hydrogens is 336 g/mol. The van der Waals surface area contributed by atoms with Gasteiger partial charge in [-0.1, -0.05) is 31.0 Å². The first-order valence-electron chi connectivity index (χ1n) is 10.7. The standard InChI is InChI=1S/C22H32N4O/c1-23-21(26-14-12-25(13-15-26)17-7-3-2-4-8-17)24-19-18-9-16-27-20(18)22(19)10-5-6-11-22/h2-4,7-8,18-20H,5-6,9-16H2,1H3,(H,23,24). The van der Waals surface area contributed by atoms with Gasteiger partial charge in [0.15, 0.2) is 5.96 Å². The van der Waals surface area contributed by atoms with Gasteiger partial charge in [0.25, 0.3) is 0 Å². The molecule has 1 N–H and O–H groups in total. The van der Waals surface area contributed by atoms with E-state index in [0.29, 0.717) is 23.5 Å². The van der Waals surface area contributed by atoms with Gasteiger partial charge in [0.05, 0.1) is 6.10 Å². The van der Waals surface area contributed by atoms with E-state index in [1.165, 1.54) is 37.8 Å². The van der Waals surface area contributed by atoms with Crippen LogP contribution in [0.2, 0.25) is 0 Å². The van der Waals surface area contributed by atoms with Gasteiger partial charge >= 0.3 is 0 Å². The third-order valence-electron chi connectivity index (χ3n) is 7.48. The molecule has 5 nitrogen and oxygen atoms in total. The Hall–Kier alpha value is -1.75. The monoisotopic (exact) mass is 368 g/mol. The molecule has 2 aliphatic carbocycles. The molecule has 0 amide bonds. The van der Waals surface area contributed by atoms with Crippen molar-refractivity contribution < 1.29 is 4.74 Å². The molecule has 27 heavy (non-hydrogen) atoms. The quantitative estimate of drug-likeness (QED) is 0.644. The second-order valence-corrected chi connectivity index (χ2v) is 8.66. The highest BCUT2D eigenvalue weighted by molar-refractivity contribution is 5.81. The maximum atomic E-state index is 6.14. The van der Waals surface area contributed by atoms with Gasteiger partial charge in [0.1, 0.15) is 0 Å². The number of anilines is 1. The molecule has 1 aromatic carbocycles. The maximum absolute atomic E-state index is 6.14. The number of ether oxygens (including phenoxy) is 1. The fourth-order valence-corrected chi connectivity index (χ4v) is 6.16. The Labute approximate surface area is 162 Å². The van der Waals surface area contributed by atoms with Crippen LogP contribution in [0.15, 0.2) is 35.3 Å². The number of benzene rings is 1. The number of nitrogens with one attached hydrogen (secondary N) is 1. The maximum Gasteiger partial charge on any atom is 0.194 e. The van der Waals surface area contributed by atoms with Crippen molar-refractivity contribution >= 4 is 11.6 Å². The predicted octanol–water partition coefficient (Wildman–Crippen LogP) is 2.73. The fourth-order valence-electron chi connectivity index (χ4n) is 6.16. The third-order valence-corrected chi connectivity index (χ3v) is 7.48. The van der Waals surface area contributed by atoms with E-state index in [1.807, 2.05) is 7.05 Å². The van der Waals surface area contributed by atoms with E-state index < -0.39 is 0 Å². The number of fused-ring (bicyclic) bond motifs is 2. The normalized spacial score (nSPS) is 32.5. The molecule has 4 fully saturated rings. The van der Waals surface area contributed by atoms with Crippen molar-refractivity contribution in [2.75, 3.05) is 44.7 Å². The number of rotatable bonds is 2. The summed E-state index contributed by atoms with van der Waals surface area (Å²) in [5, 5.41) is 3.91. The first-order chi connectivity index (χ1) is 13.3. The molecule has 2 saturated carbocycles. The van der Waals surface area contributed by atoms with Crippen LogP contribution < -0.4 is 10.2 Å². The number of piperazine rings is 1. The lowest BCUT2D eigenvalue weighted by Gasteiger charge is -2.57. The van der Waals surface area contributed by atoms with Crippen LogP contribution in [0.25, 0.3) is 0 Å². The Kier molecular flexibility index (Phi) is 4.50. The highest BCUT2D eigenvalue weighted by Crippen LogP contribution is 2.60. The van der Waals surface area contributed by atoms with Crippen LogP contribution in [-0.2, 0) is 4.74 Å². The molecule has 4 aliphatic rings. The van der Waals surface area contributed by atoms with E-state index in [4.69, 9.17) is 4.74 Å². The molecule has 1 spiro atoms. The van der Waals surface area contributed by atoms with Gasteiger partial charge < -0.3 is 19.9 Å².